The topological polar surface area (TPSA) is 46.5 Å². The third-order valence-electron chi connectivity index (χ3n) is 13.3. The fourth-order valence-electron chi connectivity index (χ4n) is 10.1. The van der Waals surface area contributed by atoms with Crippen molar-refractivity contribution in [3.63, 3.8) is 0 Å². The minimum absolute atomic E-state index is 0.913. The number of hydrogen-bond acceptors (Lipinski definition) is 6. The van der Waals surface area contributed by atoms with Crippen LogP contribution < -0.4 is 28.7 Å². The lowest BCUT2D eigenvalue weighted by Crippen LogP contribution is -2.38. The molecular formula is C54H62N8+2. The summed E-state index contributed by atoms with van der Waals surface area (Å²) in [5.74, 6) is 0. The molecule has 8 nitrogen and oxygen atoms in total. The van der Waals surface area contributed by atoms with Crippen molar-refractivity contribution in [2.24, 2.45) is 0 Å². The summed E-state index contributed by atoms with van der Waals surface area (Å²) in [5.41, 5.74) is 22.7. The summed E-state index contributed by atoms with van der Waals surface area (Å²) in [7, 11) is 13.0. The van der Waals surface area contributed by atoms with E-state index in [0.29, 0.717) is 0 Å². The van der Waals surface area contributed by atoms with E-state index in [1.54, 1.807) is 0 Å². The highest BCUT2D eigenvalue weighted by Gasteiger charge is 2.32. The molecule has 0 radical (unpaired) electrons. The van der Waals surface area contributed by atoms with Crippen LogP contribution in [0.1, 0.15) is 66.3 Å². The molecule has 0 N–H and O–H groups in total. The SMILES string of the molecule is Cc1cc2nc3ccc(N(C)C)c(C)c3[n+](-c3ccccc3)c2cc1N(C)CCCCCCCCN(C)c1cc2c(cc1C)nc1ccc(N(C)C)c3c1[n+]2-c1ccccc1C3. The van der Waals surface area contributed by atoms with Crippen LogP contribution in [-0.4, -0.2) is 65.3 Å². The quantitative estimate of drug-likeness (QED) is 0.0619. The van der Waals surface area contributed by atoms with E-state index in [1.165, 1.54) is 106 Å². The van der Waals surface area contributed by atoms with Gasteiger partial charge in [0.1, 0.15) is 22.1 Å². The van der Waals surface area contributed by atoms with Gasteiger partial charge in [-0.05, 0) is 81.1 Å². The zero-order chi connectivity index (χ0) is 43.2. The van der Waals surface area contributed by atoms with Gasteiger partial charge >= 0.3 is 0 Å². The number of fused-ring (bicyclic) bond motifs is 6. The van der Waals surface area contributed by atoms with Gasteiger partial charge in [-0.3, -0.25) is 0 Å². The first-order valence-electron chi connectivity index (χ1n) is 22.5. The van der Waals surface area contributed by atoms with Crippen LogP contribution in [0.4, 0.5) is 22.7 Å². The van der Waals surface area contributed by atoms with Gasteiger partial charge in [-0.25, -0.2) is 9.97 Å². The van der Waals surface area contributed by atoms with Crippen LogP contribution in [0.3, 0.4) is 0 Å². The number of hydrogen-bond donors (Lipinski definition) is 0. The van der Waals surface area contributed by atoms with Crippen molar-refractivity contribution in [3.05, 3.63) is 131 Å². The van der Waals surface area contributed by atoms with Crippen LogP contribution in [-0.2, 0) is 6.42 Å². The van der Waals surface area contributed by atoms with E-state index >= 15 is 0 Å². The molecule has 0 amide bonds. The number of anilines is 4. The molecule has 316 valence electrons. The van der Waals surface area contributed by atoms with Crippen LogP contribution in [0.25, 0.3) is 55.5 Å². The highest BCUT2D eigenvalue weighted by molar-refractivity contribution is 5.91. The Morgan fingerprint density at radius 3 is 1.60 bits per heavy atom. The van der Waals surface area contributed by atoms with Crippen molar-refractivity contribution >= 4 is 66.9 Å². The van der Waals surface area contributed by atoms with E-state index in [9.17, 15) is 0 Å². The van der Waals surface area contributed by atoms with Gasteiger partial charge in [-0.1, -0.05) is 62.1 Å². The lowest BCUT2D eigenvalue weighted by Gasteiger charge is -2.24. The number of benzene rings is 6. The van der Waals surface area contributed by atoms with E-state index < -0.39 is 0 Å². The average Bonchev–Trinajstić information content (AvgIpc) is 3.26. The molecular weight excluding hydrogens is 761 g/mol. The predicted octanol–water partition coefficient (Wildman–Crippen LogP) is 10.5. The lowest BCUT2D eigenvalue weighted by molar-refractivity contribution is -0.540. The first kappa shape index (κ1) is 41.1. The van der Waals surface area contributed by atoms with Crippen molar-refractivity contribution in [3.8, 4) is 11.4 Å². The standard InChI is InChI=1S/C54H62N8/c1-36-31-44-51(61(40-22-15-14-16-23-40)53-38(3)46(57(4)5)27-25-42(53)55-44)34-49(36)59(8)29-19-12-10-11-13-20-30-60(9)50-35-52-45(32-37(50)2)56-43-26-28-48(58(6)7)41-33-39-21-17-18-24-47(39)62(52)54(41)43/h14-18,21-28,31-32,34-35H,10-13,19-20,29-30,33H2,1-9H3/q+2. The Balaban J connectivity index is 0.852. The van der Waals surface area contributed by atoms with Gasteiger partial charge in [0.25, 0.3) is 0 Å². The van der Waals surface area contributed by atoms with Gasteiger partial charge in [0.2, 0.25) is 33.4 Å². The number of rotatable bonds is 14. The molecule has 1 aliphatic heterocycles. The Kier molecular flexibility index (Phi) is 11.2. The maximum Gasteiger partial charge on any atom is 0.243 e. The molecule has 0 aliphatic carbocycles. The summed E-state index contributed by atoms with van der Waals surface area (Å²) in [5, 5.41) is 0. The van der Waals surface area contributed by atoms with Crippen LogP contribution in [0, 0.1) is 20.8 Å². The molecule has 2 aromatic heterocycles. The molecule has 0 saturated heterocycles. The molecule has 0 fully saturated rings. The molecule has 8 heteroatoms. The largest absolute Gasteiger partial charge is 0.377 e. The number of unbranched alkanes of at least 4 members (excludes halogenated alkanes) is 5. The predicted molar refractivity (Wildman–Crippen MR) is 261 cm³/mol. The normalized spacial score (nSPS) is 12.1. The Labute approximate surface area is 367 Å². The van der Waals surface area contributed by atoms with E-state index in [-0.39, 0.29) is 0 Å². The third kappa shape index (κ3) is 7.43. The summed E-state index contributed by atoms with van der Waals surface area (Å²) >= 11 is 0. The zero-order valence-electron chi connectivity index (χ0n) is 38.3. The molecule has 3 heterocycles. The fourth-order valence-corrected chi connectivity index (χ4v) is 10.1. The van der Waals surface area contributed by atoms with Crippen molar-refractivity contribution < 1.29 is 9.13 Å². The molecule has 62 heavy (non-hydrogen) atoms. The maximum absolute atomic E-state index is 5.24. The monoisotopic (exact) mass is 823 g/mol. The fraction of sp³-hybridized carbons (Fsp3) is 0.333. The number of para-hydroxylation sites is 2. The molecule has 1 aliphatic rings. The second-order valence-electron chi connectivity index (χ2n) is 18.1. The molecule has 0 saturated carbocycles. The summed E-state index contributed by atoms with van der Waals surface area (Å²) in [4.78, 5) is 19.8. The second-order valence-corrected chi connectivity index (χ2v) is 18.1. The van der Waals surface area contributed by atoms with Crippen LogP contribution in [0.15, 0.2) is 103 Å². The molecule has 9 rings (SSSR count). The van der Waals surface area contributed by atoms with Crippen molar-refractivity contribution in [1.82, 2.24) is 9.97 Å². The van der Waals surface area contributed by atoms with Gasteiger partial charge in [0, 0.05) is 126 Å². The smallest absolute Gasteiger partial charge is 0.243 e. The lowest BCUT2D eigenvalue weighted by atomic mass is 9.95. The van der Waals surface area contributed by atoms with Gasteiger partial charge in [-0.2, -0.15) is 0 Å². The van der Waals surface area contributed by atoms with Crippen molar-refractivity contribution in [1.29, 1.82) is 0 Å². The van der Waals surface area contributed by atoms with Crippen LogP contribution in [0.2, 0.25) is 0 Å². The summed E-state index contributed by atoms with van der Waals surface area (Å²) in [6.45, 7) is 8.75. The highest BCUT2D eigenvalue weighted by atomic mass is 15.1. The minimum Gasteiger partial charge on any atom is -0.377 e. The number of aryl methyl sites for hydroxylation is 3. The first-order valence-corrected chi connectivity index (χ1v) is 22.5. The van der Waals surface area contributed by atoms with E-state index in [4.69, 9.17) is 9.97 Å². The average molecular weight is 823 g/mol. The van der Waals surface area contributed by atoms with E-state index in [2.05, 4.69) is 195 Å². The van der Waals surface area contributed by atoms with Gasteiger partial charge in [0.05, 0.1) is 5.56 Å². The first-order chi connectivity index (χ1) is 30.0. The summed E-state index contributed by atoms with van der Waals surface area (Å²) in [6, 6.07) is 37.7. The minimum atomic E-state index is 0.913. The molecule has 0 bridgehead atoms. The Morgan fingerprint density at radius 1 is 0.484 bits per heavy atom. The maximum atomic E-state index is 5.24. The van der Waals surface area contributed by atoms with Gasteiger partial charge in [0.15, 0.2) is 0 Å². The van der Waals surface area contributed by atoms with E-state index in [1.807, 2.05) is 0 Å². The van der Waals surface area contributed by atoms with Crippen molar-refractivity contribution in [2.75, 3.05) is 75.0 Å². The van der Waals surface area contributed by atoms with E-state index in [0.717, 1.165) is 58.3 Å². The number of nitrogens with zero attached hydrogens (tertiary/aromatic N) is 8. The molecule has 6 aromatic carbocycles. The van der Waals surface area contributed by atoms with Crippen LogP contribution in [0.5, 0.6) is 0 Å². The zero-order valence-corrected chi connectivity index (χ0v) is 38.3. The van der Waals surface area contributed by atoms with Gasteiger partial charge < -0.3 is 19.6 Å². The Bertz CT molecular complexity index is 2870. The molecule has 0 atom stereocenters. The molecule has 8 aromatic rings. The number of aromatic nitrogens is 4. The summed E-state index contributed by atoms with van der Waals surface area (Å²) < 4.78 is 4.90. The Hall–Kier alpha value is -6.28. The molecule has 0 spiro atoms. The second kappa shape index (κ2) is 16.9. The van der Waals surface area contributed by atoms with Crippen LogP contribution >= 0.6 is 0 Å². The highest BCUT2D eigenvalue weighted by Crippen LogP contribution is 2.36. The molecule has 0 unspecified atom stereocenters. The third-order valence-corrected chi connectivity index (χ3v) is 13.3. The summed E-state index contributed by atoms with van der Waals surface area (Å²) in [6.07, 6.45) is 8.26. The van der Waals surface area contributed by atoms with Crippen molar-refractivity contribution in [2.45, 2.75) is 65.7 Å². The Morgan fingerprint density at radius 2 is 1.00 bits per heavy atom. The van der Waals surface area contributed by atoms with Gasteiger partial charge in [-0.15, -0.1) is 9.13 Å².